The number of carbonyl (C=O) groups is 3. The van der Waals surface area contributed by atoms with Crippen LogP contribution < -0.4 is 0 Å². The van der Waals surface area contributed by atoms with Gasteiger partial charge in [0.05, 0.1) is 6.61 Å². The molecule has 0 heterocycles. The van der Waals surface area contributed by atoms with E-state index in [9.17, 15) is 14.4 Å². The normalized spacial score (nSPS) is 10.4. The highest BCUT2D eigenvalue weighted by Gasteiger charge is 2.19. The van der Waals surface area contributed by atoms with Gasteiger partial charge in [-0.2, -0.15) is 0 Å². The molecule has 0 saturated heterocycles. The van der Waals surface area contributed by atoms with Gasteiger partial charge < -0.3 is 9.84 Å². The van der Waals surface area contributed by atoms with Crippen molar-refractivity contribution in [1.82, 2.24) is 0 Å². The van der Waals surface area contributed by atoms with Gasteiger partial charge >= 0.3 is 11.9 Å². The molecule has 0 aromatic rings. The molecule has 0 aromatic heterocycles. The Balaban J connectivity index is 0. The van der Waals surface area contributed by atoms with Crippen LogP contribution in [0.4, 0.5) is 0 Å². The number of hydrogen-bond donors (Lipinski definition) is 1. The first kappa shape index (κ1) is 16.8. The molecule has 0 saturated carbocycles. The molecule has 0 aliphatic rings. The smallest absolute Gasteiger partial charge is 0.314 e. The zero-order valence-corrected chi connectivity index (χ0v) is 9.86. The molecule has 0 radical (unpaired) electrons. The molecule has 1 unspecified atom stereocenters. The molecule has 1 N–H and O–H groups in total. The molecule has 0 aliphatic carbocycles. The molecular weight excluding hydrogens is 212 g/mol. The first-order valence-corrected chi connectivity index (χ1v) is 4.84. The van der Waals surface area contributed by atoms with E-state index in [0.717, 1.165) is 0 Å². The number of ketones is 1. The summed E-state index contributed by atoms with van der Waals surface area (Å²) in [5.74, 6) is -2.52. The number of esters is 1. The standard InChI is InChI=1S/C7H10O3.C4H8O2/c1-3-4-6(5(2)8)7(9)10;1-3-6-4(2)5/h3,6H,1,4H2,2H3,(H,9,10);3H2,1-2H3. The Morgan fingerprint density at radius 2 is 1.88 bits per heavy atom. The summed E-state index contributed by atoms with van der Waals surface area (Å²) in [4.78, 5) is 30.6. The van der Waals surface area contributed by atoms with Gasteiger partial charge in [-0.25, -0.2) is 0 Å². The third-order valence-corrected chi connectivity index (χ3v) is 1.54. The molecule has 0 rings (SSSR count). The van der Waals surface area contributed by atoms with Crippen molar-refractivity contribution in [3.8, 4) is 0 Å². The van der Waals surface area contributed by atoms with Crippen molar-refractivity contribution >= 4 is 17.7 Å². The van der Waals surface area contributed by atoms with E-state index in [1.165, 1.54) is 19.9 Å². The Morgan fingerprint density at radius 3 is 1.94 bits per heavy atom. The molecule has 92 valence electrons. The average molecular weight is 230 g/mol. The first-order valence-electron chi connectivity index (χ1n) is 4.84. The molecule has 0 bridgehead atoms. The topological polar surface area (TPSA) is 80.7 Å². The summed E-state index contributed by atoms with van der Waals surface area (Å²) in [5, 5.41) is 8.41. The second-order valence-corrected chi connectivity index (χ2v) is 2.95. The average Bonchev–Trinajstić information content (AvgIpc) is 2.13. The molecule has 5 heteroatoms. The van der Waals surface area contributed by atoms with Crippen molar-refractivity contribution < 1.29 is 24.2 Å². The lowest BCUT2D eigenvalue weighted by Crippen LogP contribution is -2.20. The minimum atomic E-state index is -1.08. The van der Waals surface area contributed by atoms with Crippen molar-refractivity contribution in [2.45, 2.75) is 27.2 Å². The van der Waals surface area contributed by atoms with Gasteiger partial charge in [0.25, 0.3) is 0 Å². The SMILES string of the molecule is C=CCC(C(C)=O)C(=O)O.CCOC(C)=O. The molecule has 0 fully saturated rings. The molecule has 0 aromatic carbocycles. The van der Waals surface area contributed by atoms with Crippen molar-refractivity contribution in [2.75, 3.05) is 6.61 Å². The third kappa shape index (κ3) is 10.4. The molecule has 0 amide bonds. The van der Waals surface area contributed by atoms with Gasteiger partial charge in [-0.1, -0.05) is 6.08 Å². The second-order valence-electron chi connectivity index (χ2n) is 2.95. The predicted octanol–water partition coefficient (Wildman–Crippen LogP) is 1.42. The fourth-order valence-corrected chi connectivity index (χ4v) is 0.811. The van der Waals surface area contributed by atoms with Crippen molar-refractivity contribution in [2.24, 2.45) is 5.92 Å². The summed E-state index contributed by atoms with van der Waals surface area (Å²) >= 11 is 0. The van der Waals surface area contributed by atoms with Crippen LogP contribution >= 0.6 is 0 Å². The largest absolute Gasteiger partial charge is 0.481 e. The molecule has 0 spiro atoms. The van der Waals surface area contributed by atoms with Crippen LogP contribution in [0.5, 0.6) is 0 Å². The lowest BCUT2D eigenvalue weighted by atomic mass is 10.0. The highest BCUT2D eigenvalue weighted by Crippen LogP contribution is 2.04. The van der Waals surface area contributed by atoms with Crippen LogP contribution in [0, 0.1) is 5.92 Å². The number of carbonyl (C=O) groups excluding carboxylic acids is 2. The Labute approximate surface area is 95.1 Å². The third-order valence-electron chi connectivity index (χ3n) is 1.54. The van der Waals surface area contributed by atoms with E-state index in [4.69, 9.17) is 5.11 Å². The maximum atomic E-state index is 10.5. The highest BCUT2D eigenvalue weighted by atomic mass is 16.5. The number of carboxylic acids is 1. The number of aliphatic carboxylic acids is 1. The summed E-state index contributed by atoms with van der Waals surface area (Å²) in [7, 11) is 0. The van der Waals surface area contributed by atoms with Crippen LogP contribution in [0.25, 0.3) is 0 Å². The number of carboxylic acid groups (broad SMARTS) is 1. The quantitative estimate of drug-likeness (QED) is 0.439. The van der Waals surface area contributed by atoms with Crippen LogP contribution in [0.2, 0.25) is 0 Å². The van der Waals surface area contributed by atoms with Gasteiger partial charge in [0.15, 0.2) is 0 Å². The maximum Gasteiger partial charge on any atom is 0.314 e. The van der Waals surface area contributed by atoms with Gasteiger partial charge in [0.1, 0.15) is 11.7 Å². The van der Waals surface area contributed by atoms with Crippen molar-refractivity contribution in [3.63, 3.8) is 0 Å². The molecule has 16 heavy (non-hydrogen) atoms. The number of Topliss-reactive ketones (excluding diaryl/α,β-unsaturated/α-hetero) is 1. The lowest BCUT2D eigenvalue weighted by Gasteiger charge is -2.02. The van der Waals surface area contributed by atoms with Crippen molar-refractivity contribution in [1.29, 1.82) is 0 Å². The van der Waals surface area contributed by atoms with Gasteiger partial charge in [-0.15, -0.1) is 6.58 Å². The summed E-state index contributed by atoms with van der Waals surface area (Å²) in [5.41, 5.74) is 0. The van der Waals surface area contributed by atoms with E-state index in [1.807, 2.05) is 0 Å². The van der Waals surface area contributed by atoms with Crippen LogP contribution in [0.15, 0.2) is 12.7 Å². The van der Waals surface area contributed by atoms with E-state index in [2.05, 4.69) is 11.3 Å². The van der Waals surface area contributed by atoms with E-state index >= 15 is 0 Å². The van der Waals surface area contributed by atoms with E-state index in [1.54, 1.807) is 6.92 Å². The Morgan fingerprint density at radius 1 is 1.38 bits per heavy atom. The fourth-order valence-electron chi connectivity index (χ4n) is 0.811. The van der Waals surface area contributed by atoms with Gasteiger partial charge in [0.2, 0.25) is 0 Å². The summed E-state index contributed by atoms with van der Waals surface area (Å²) in [6.07, 6.45) is 1.64. The van der Waals surface area contributed by atoms with Crippen molar-refractivity contribution in [3.05, 3.63) is 12.7 Å². The number of rotatable bonds is 5. The van der Waals surface area contributed by atoms with E-state index in [0.29, 0.717) is 6.61 Å². The van der Waals surface area contributed by atoms with Crippen LogP contribution in [-0.4, -0.2) is 29.4 Å². The Hall–Kier alpha value is -1.65. The minimum absolute atomic E-state index is 0.211. The van der Waals surface area contributed by atoms with Gasteiger partial charge in [-0.05, 0) is 20.3 Å². The first-order chi connectivity index (χ1) is 7.36. The van der Waals surface area contributed by atoms with E-state index in [-0.39, 0.29) is 18.2 Å². The molecule has 5 nitrogen and oxygen atoms in total. The Bertz CT molecular complexity index is 243. The summed E-state index contributed by atoms with van der Waals surface area (Å²) in [6, 6.07) is 0. The van der Waals surface area contributed by atoms with Crippen LogP contribution in [0.1, 0.15) is 27.2 Å². The second kappa shape index (κ2) is 9.89. The van der Waals surface area contributed by atoms with Gasteiger partial charge in [0, 0.05) is 6.92 Å². The number of hydrogen-bond acceptors (Lipinski definition) is 4. The maximum absolute atomic E-state index is 10.5. The predicted molar refractivity (Wildman–Crippen MR) is 58.9 cm³/mol. The zero-order chi connectivity index (χ0) is 13.1. The Kier molecular flexibility index (Phi) is 10.4. The van der Waals surface area contributed by atoms with E-state index < -0.39 is 11.9 Å². The molecule has 1 atom stereocenters. The van der Waals surface area contributed by atoms with Gasteiger partial charge in [-0.3, -0.25) is 14.4 Å². The minimum Gasteiger partial charge on any atom is -0.481 e. The monoisotopic (exact) mass is 230 g/mol. The zero-order valence-electron chi connectivity index (χ0n) is 9.86. The lowest BCUT2D eigenvalue weighted by molar-refractivity contribution is -0.145. The summed E-state index contributed by atoms with van der Waals surface area (Å²) in [6.45, 7) is 8.27. The summed E-state index contributed by atoms with van der Waals surface area (Å²) < 4.78 is 4.40. The number of allylic oxidation sites excluding steroid dienone is 1. The number of ether oxygens (including phenoxy) is 1. The molecule has 0 aliphatic heterocycles. The van der Waals surface area contributed by atoms with Crippen LogP contribution in [-0.2, 0) is 19.1 Å². The van der Waals surface area contributed by atoms with Crippen LogP contribution in [0.3, 0.4) is 0 Å². The fraction of sp³-hybridized carbons (Fsp3) is 0.545. The molecular formula is C11H18O5. The highest BCUT2D eigenvalue weighted by molar-refractivity contribution is 5.96.